The number of piperazine rings is 1. The summed E-state index contributed by atoms with van der Waals surface area (Å²) in [5.74, 6) is 0.0813. The van der Waals surface area contributed by atoms with Gasteiger partial charge in [-0.25, -0.2) is 0 Å². The van der Waals surface area contributed by atoms with Crippen molar-refractivity contribution in [3.05, 3.63) is 65.2 Å². The van der Waals surface area contributed by atoms with E-state index >= 15 is 0 Å². The number of amides is 2. The molecule has 0 spiro atoms. The number of rotatable bonds is 3. The van der Waals surface area contributed by atoms with Gasteiger partial charge in [0.05, 0.1) is 6.42 Å². The minimum atomic E-state index is -0.0297. The molecule has 0 aromatic heterocycles. The molecule has 1 heterocycles. The molecule has 0 radical (unpaired) electrons. The molecule has 0 atom stereocenters. The summed E-state index contributed by atoms with van der Waals surface area (Å²) in [6.45, 7) is 4.26. The third-order valence-electron chi connectivity index (χ3n) is 4.53. The molecule has 1 saturated heterocycles. The minimum absolute atomic E-state index is 0. The fourth-order valence-electron chi connectivity index (χ4n) is 3.01. The smallest absolute Gasteiger partial charge is 0.254 e. The second-order valence-corrected chi connectivity index (χ2v) is 6.46. The topological polar surface area (TPSA) is 66.6 Å². The van der Waals surface area contributed by atoms with E-state index < -0.39 is 0 Å². The van der Waals surface area contributed by atoms with Crippen LogP contribution in [0.5, 0.6) is 0 Å². The Balaban J connectivity index is 0.00000243. The molecule has 2 N–H and O–H groups in total. The summed E-state index contributed by atoms with van der Waals surface area (Å²) in [5, 5.41) is 0. The molecule has 1 fully saturated rings. The van der Waals surface area contributed by atoms with Gasteiger partial charge in [0, 0.05) is 37.4 Å². The number of hydrogen-bond acceptors (Lipinski definition) is 3. The standard InChI is InChI=1S/C20H23N3O2.ClH/c1-15-5-7-16(8-6-15)13-19(24)22-9-11-23(12-10-22)20(25)17-3-2-4-18(21)14-17;/h2-8,14H,9-13,21H2,1H3;1H. The zero-order valence-corrected chi connectivity index (χ0v) is 15.7. The molecule has 0 bridgehead atoms. The lowest BCUT2D eigenvalue weighted by molar-refractivity contribution is -0.131. The van der Waals surface area contributed by atoms with Crippen LogP contribution in [-0.2, 0) is 11.2 Å². The Kier molecular flexibility index (Phi) is 6.64. The van der Waals surface area contributed by atoms with Gasteiger partial charge in [0.1, 0.15) is 0 Å². The summed E-state index contributed by atoms with van der Waals surface area (Å²) in [6.07, 6.45) is 0.406. The van der Waals surface area contributed by atoms with Crippen LogP contribution >= 0.6 is 12.4 Å². The van der Waals surface area contributed by atoms with Gasteiger partial charge in [-0.2, -0.15) is 0 Å². The van der Waals surface area contributed by atoms with E-state index in [2.05, 4.69) is 0 Å². The third-order valence-corrected chi connectivity index (χ3v) is 4.53. The molecular weight excluding hydrogens is 350 g/mol. The summed E-state index contributed by atoms with van der Waals surface area (Å²) < 4.78 is 0. The fraction of sp³-hybridized carbons (Fsp3) is 0.300. The van der Waals surface area contributed by atoms with Gasteiger partial charge in [0.2, 0.25) is 5.91 Å². The first kappa shape index (κ1) is 19.8. The molecule has 138 valence electrons. The Labute approximate surface area is 160 Å². The second kappa shape index (κ2) is 8.72. The highest BCUT2D eigenvalue weighted by atomic mass is 35.5. The van der Waals surface area contributed by atoms with E-state index in [1.165, 1.54) is 5.56 Å². The molecular formula is C20H24ClN3O2. The van der Waals surface area contributed by atoms with E-state index in [0.29, 0.717) is 43.9 Å². The number of nitrogen functional groups attached to an aromatic ring is 1. The first-order valence-corrected chi connectivity index (χ1v) is 8.51. The number of carbonyl (C=O) groups excluding carboxylic acids is 2. The number of anilines is 1. The largest absolute Gasteiger partial charge is 0.399 e. The van der Waals surface area contributed by atoms with Gasteiger partial charge in [0.15, 0.2) is 0 Å². The lowest BCUT2D eigenvalue weighted by atomic mass is 10.1. The average molecular weight is 374 g/mol. The highest BCUT2D eigenvalue weighted by molar-refractivity contribution is 5.95. The first-order valence-electron chi connectivity index (χ1n) is 8.51. The molecule has 2 amide bonds. The molecule has 5 nitrogen and oxygen atoms in total. The summed E-state index contributed by atoms with van der Waals surface area (Å²) in [4.78, 5) is 28.6. The van der Waals surface area contributed by atoms with Crippen molar-refractivity contribution in [3.63, 3.8) is 0 Å². The molecule has 0 aliphatic carbocycles. The molecule has 0 saturated carbocycles. The number of benzene rings is 2. The van der Waals surface area contributed by atoms with E-state index in [4.69, 9.17) is 5.73 Å². The van der Waals surface area contributed by atoms with E-state index in [1.807, 2.05) is 36.1 Å². The Morgan fingerprint density at radius 1 is 0.962 bits per heavy atom. The van der Waals surface area contributed by atoms with Crippen molar-refractivity contribution in [3.8, 4) is 0 Å². The lowest BCUT2D eigenvalue weighted by Crippen LogP contribution is -2.51. The van der Waals surface area contributed by atoms with E-state index in [0.717, 1.165) is 5.56 Å². The maximum absolute atomic E-state index is 12.5. The van der Waals surface area contributed by atoms with Crippen LogP contribution in [0.25, 0.3) is 0 Å². The quantitative estimate of drug-likeness (QED) is 0.841. The van der Waals surface area contributed by atoms with Crippen LogP contribution in [0.3, 0.4) is 0 Å². The minimum Gasteiger partial charge on any atom is -0.399 e. The van der Waals surface area contributed by atoms with E-state index in [9.17, 15) is 9.59 Å². The Hall–Kier alpha value is -2.53. The van der Waals surface area contributed by atoms with Crippen molar-refractivity contribution in [1.29, 1.82) is 0 Å². The number of nitrogens with zero attached hydrogens (tertiary/aromatic N) is 2. The summed E-state index contributed by atoms with van der Waals surface area (Å²) in [7, 11) is 0. The molecule has 3 rings (SSSR count). The highest BCUT2D eigenvalue weighted by Crippen LogP contribution is 2.13. The van der Waals surface area contributed by atoms with Crippen molar-refractivity contribution in [1.82, 2.24) is 9.80 Å². The number of aryl methyl sites for hydroxylation is 1. The predicted octanol–water partition coefficient (Wildman–Crippen LogP) is 2.53. The van der Waals surface area contributed by atoms with Gasteiger partial charge in [-0.1, -0.05) is 35.9 Å². The first-order chi connectivity index (χ1) is 12.0. The van der Waals surface area contributed by atoms with Gasteiger partial charge in [-0.05, 0) is 30.7 Å². The van der Waals surface area contributed by atoms with Crippen LogP contribution in [0.15, 0.2) is 48.5 Å². The molecule has 2 aromatic carbocycles. The average Bonchev–Trinajstić information content (AvgIpc) is 2.63. The van der Waals surface area contributed by atoms with Crippen LogP contribution in [0.2, 0.25) is 0 Å². The van der Waals surface area contributed by atoms with Crippen molar-refractivity contribution >= 4 is 29.9 Å². The number of halogens is 1. The van der Waals surface area contributed by atoms with Crippen LogP contribution in [0, 0.1) is 6.92 Å². The normalized spacial score (nSPS) is 13.9. The number of hydrogen-bond donors (Lipinski definition) is 1. The molecule has 2 aromatic rings. The van der Waals surface area contributed by atoms with Crippen LogP contribution in [0.4, 0.5) is 5.69 Å². The maximum Gasteiger partial charge on any atom is 0.254 e. The Bertz CT molecular complexity index is 769. The zero-order chi connectivity index (χ0) is 17.8. The predicted molar refractivity (Wildman–Crippen MR) is 105 cm³/mol. The van der Waals surface area contributed by atoms with Crippen LogP contribution < -0.4 is 5.73 Å². The van der Waals surface area contributed by atoms with Crippen molar-refractivity contribution in [2.24, 2.45) is 0 Å². The number of nitrogens with two attached hydrogens (primary N) is 1. The second-order valence-electron chi connectivity index (χ2n) is 6.46. The van der Waals surface area contributed by atoms with E-state index in [-0.39, 0.29) is 24.2 Å². The third kappa shape index (κ3) is 4.76. The molecule has 0 unspecified atom stereocenters. The van der Waals surface area contributed by atoms with Crippen LogP contribution in [-0.4, -0.2) is 47.8 Å². The summed E-state index contributed by atoms with van der Waals surface area (Å²) in [5.41, 5.74) is 9.13. The molecule has 26 heavy (non-hydrogen) atoms. The van der Waals surface area contributed by atoms with Crippen molar-refractivity contribution in [2.75, 3.05) is 31.9 Å². The van der Waals surface area contributed by atoms with Gasteiger partial charge in [-0.3, -0.25) is 9.59 Å². The van der Waals surface area contributed by atoms with Gasteiger partial charge < -0.3 is 15.5 Å². The maximum atomic E-state index is 12.5. The SMILES string of the molecule is Cc1ccc(CC(=O)N2CCN(C(=O)c3cccc(N)c3)CC2)cc1.Cl. The van der Waals surface area contributed by atoms with Crippen molar-refractivity contribution < 1.29 is 9.59 Å². The molecule has 1 aliphatic rings. The molecule has 6 heteroatoms. The van der Waals surface area contributed by atoms with Gasteiger partial charge >= 0.3 is 0 Å². The Morgan fingerprint density at radius 3 is 2.19 bits per heavy atom. The Morgan fingerprint density at radius 2 is 1.58 bits per heavy atom. The monoisotopic (exact) mass is 373 g/mol. The fourth-order valence-corrected chi connectivity index (χ4v) is 3.01. The van der Waals surface area contributed by atoms with Crippen LogP contribution in [0.1, 0.15) is 21.5 Å². The number of carbonyl (C=O) groups is 2. The van der Waals surface area contributed by atoms with E-state index in [1.54, 1.807) is 29.2 Å². The summed E-state index contributed by atoms with van der Waals surface area (Å²) >= 11 is 0. The zero-order valence-electron chi connectivity index (χ0n) is 14.9. The highest BCUT2D eigenvalue weighted by Gasteiger charge is 2.24. The summed E-state index contributed by atoms with van der Waals surface area (Å²) in [6, 6.07) is 15.0. The van der Waals surface area contributed by atoms with Gasteiger partial charge in [0.25, 0.3) is 5.91 Å². The molecule has 1 aliphatic heterocycles. The van der Waals surface area contributed by atoms with Gasteiger partial charge in [-0.15, -0.1) is 12.4 Å². The van der Waals surface area contributed by atoms with Crippen molar-refractivity contribution in [2.45, 2.75) is 13.3 Å². The lowest BCUT2D eigenvalue weighted by Gasteiger charge is -2.35.